The van der Waals surface area contributed by atoms with E-state index in [9.17, 15) is 8.78 Å². The number of benzene rings is 1. The maximum atomic E-state index is 13.2. The summed E-state index contributed by atoms with van der Waals surface area (Å²) in [6, 6.07) is 5.77. The first-order valence-corrected chi connectivity index (χ1v) is 7.68. The Labute approximate surface area is 123 Å². The van der Waals surface area contributed by atoms with Gasteiger partial charge in [0, 0.05) is 26.8 Å². The predicted octanol–water partition coefficient (Wildman–Crippen LogP) is 4.68. The lowest BCUT2D eigenvalue weighted by Gasteiger charge is -2.16. The van der Waals surface area contributed by atoms with Crippen molar-refractivity contribution in [2.24, 2.45) is 0 Å². The van der Waals surface area contributed by atoms with Gasteiger partial charge in [-0.25, -0.2) is 8.78 Å². The molecule has 0 aliphatic carbocycles. The molecule has 1 aromatic heterocycles. The van der Waals surface area contributed by atoms with Crippen molar-refractivity contribution in [3.63, 3.8) is 0 Å². The minimum atomic E-state index is -0.530. The number of hydrogen-bond acceptors (Lipinski definition) is 2. The van der Waals surface area contributed by atoms with Crippen molar-refractivity contribution >= 4 is 27.3 Å². The minimum Gasteiger partial charge on any atom is -0.309 e. The highest BCUT2D eigenvalue weighted by atomic mass is 79.9. The molecule has 102 valence electrons. The van der Waals surface area contributed by atoms with Gasteiger partial charge in [0.25, 0.3) is 0 Å². The van der Waals surface area contributed by atoms with Gasteiger partial charge >= 0.3 is 0 Å². The van der Waals surface area contributed by atoms with Crippen molar-refractivity contribution in [3.8, 4) is 0 Å². The standard InChI is InChI=1S/C14H14BrF2NS/c1-2-18-13(14-6-10(15)8-19-14)5-9-3-11(16)7-12(17)4-9/h3-4,6-8,13,18H,2,5H2,1H3. The summed E-state index contributed by atoms with van der Waals surface area (Å²) in [4.78, 5) is 1.15. The van der Waals surface area contributed by atoms with Gasteiger partial charge < -0.3 is 5.32 Å². The third kappa shape index (κ3) is 4.09. The van der Waals surface area contributed by atoms with Crippen LogP contribution in [0.5, 0.6) is 0 Å². The lowest BCUT2D eigenvalue weighted by atomic mass is 10.0. The Kier molecular flexibility index (Phi) is 5.07. The molecule has 0 fully saturated rings. The maximum Gasteiger partial charge on any atom is 0.126 e. The van der Waals surface area contributed by atoms with Gasteiger partial charge in [0.05, 0.1) is 0 Å². The van der Waals surface area contributed by atoms with Crippen LogP contribution in [-0.2, 0) is 6.42 Å². The fourth-order valence-corrected chi connectivity index (χ4v) is 3.52. The van der Waals surface area contributed by atoms with Gasteiger partial charge in [0.15, 0.2) is 0 Å². The lowest BCUT2D eigenvalue weighted by molar-refractivity contribution is 0.545. The van der Waals surface area contributed by atoms with Gasteiger partial charge in [-0.3, -0.25) is 0 Å². The molecule has 0 aliphatic heterocycles. The zero-order valence-corrected chi connectivity index (χ0v) is 12.8. The average molecular weight is 346 g/mol. The summed E-state index contributed by atoms with van der Waals surface area (Å²) in [5.74, 6) is -1.06. The summed E-state index contributed by atoms with van der Waals surface area (Å²) in [7, 11) is 0. The van der Waals surface area contributed by atoms with Crippen molar-refractivity contribution in [2.45, 2.75) is 19.4 Å². The Balaban J connectivity index is 2.20. The molecule has 0 aliphatic rings. The Morgan fingerprint density at radius 3 is 2.42 bits per heavy atom. The van der Waals surface area contributed by atoms with Crippen molar-refractivity contribution in [1.29, 1.82) is 0 Å². The first-order valence-electron chi connectivity index (χ1n) is 6.00. The van der Waals surface area contributed by atoms with Gasteiger partial charge in [0.2, 0.25) is 0 Å². The molecule has 1 N–H and O–H groups in total. The summed E-state index contributed by atoms with van der Waals surface area (Å²) < 4.78 is 27.4. The number of thiophene rings is 1. The Bertz CT molecular complexity index is 536. The van der Waals surface area contributed by atoms with E-state index in [1.54, 1.807) is 11.3 Å². The maximum absolute atomic E-state index is 13.2. The Morgan fingerprint density at radius 2 is 1.89 bits per heavy atom. The second kappa shape index (κ2) is 6.59. The van der Waals surface area contributed by atoms with Crippen LogP contribution in [0.15, 0.2) is 34.1 Å². The highest BCUT2D eigenvalue weighted by Gasteiger charge is 2.14. The van der Waals surface area contributed by atoms with Crippen LogP contribution in [0.25, 0.3) is 0 Å². The Hall–Kier alpha value is -0.780. The molecule has 1 atom stereocenters. The van der Waals surface area contributed by atoms with Crippen molar-refractivity contribution < 1.29 is 8.78 Å². The molecule has 0 bridgehead atoms. The molecule has 0 amide bonds. The monoisotopic (exact) mass is 345 g/mol. The average Bonchev–Trinajstić information content (AvgIpc) is 2.74. The molecule has 2 aromatic rings. The quantitative estimate of drug-likeness (QED) is 0.829. The first kappa shape index (κ1) is 14.6. The summed E-state index contributed by atoms with van der Waals surface area (Å²) in [5, 5.41) is 5.35. The van der Waals surface area contributed by atoms with Gasteiger partial charge in [-0.1, -0.05) is 6.92 Å². The first-order chi connectivity index (χ1) is 9.08. The van der Waals surface area contributed by atoms with Crippen LogP contribution in [0.2, 0.25) is 0 Å². The van der Waals surface area contributed by atoms with E-state index in [2.05, 4.69) is 21.2 Å². The number of hydrogen-bond donors (Lipinski definition) is 1. The van der Waals surface area contributed by atoms with Gasteiger partial charge in [-0.15, -0.1) is 11.3 Å². The lowest BCUT2D eigenvalue weighted by Crippen LogP contribution is -2.22. The largest absolute Gasteiger partial charge is 0.309 e. The van der Waals surface area contributed by atoms with Crippen LogP contribution in [0.3, 0.4) is 0 Å². The number of likely N-dealkylation sites (N-methyl/N-ethyl adjacent to an activating group) is 1. The highest BCUT2D eigenvalue weighted by Crippen LogP contribution is 2.28. The topological polar surface area (TPSA) is 12.0 Å². The molecule has 1 nitrogen and oxygen atoms in total. The molecule has 2 rings (SSSR count). The molecular formula is C14H14BrF2NS. The van der Waals surface area contributed by atoms with E-state index in [0.29, 0.717) is 12.0 Å². The molecule has 0 saturated carbocycles. The molecule has 5 heteroatoms. The summed E-state index contributed by atoms with van der Waals surface area (Å²) >= 11 is 5.05. The molecule has 1 heterocycles. The zero-order chi connectivity index (χ0) is 13.8. The number of nitrogens with one attached hydrogen (secondary N) is 1. The van der Waals surface area contributed by atoms with E-state index >= 15 is 0 Å². The fraction of sp³-hybridized carbons (Fsp3) is 0.286. The molecular weight excluding hydrogens is 332 g/mol. The zero-order valence-electron chi connectivity index (χ0n) is 10.4. The van der Waals surface area contributed by atoms with Crippen LogP contribution >= 0.6 is 27.3 Å². The molecule has 19 heavy (non-hydrogen) atoms. The van der Waals surface area contributed by atoms with E-state index < -0.39 is 11.6 Å². The molecule has 0 saturated heterocycles. The Morgan fingerprint density at radius 1 is 1.21 bits per heavy atom. The van der Waals surface area contributed by atoms with Crippen LogP contribution < -0.4 is 5.32 Å². The number of rotatable bonds is 5. The smallest absolute Gasteiger partial charge is 0.126 e. The second-order valence-corrected chi connectivity index (χ2v) is 6.12. The molecule has 1 unspecified atom stereocenters. The minimum absolute atomic E-state index is 0.0718. The van der Waals surface area contributed by atoms with Gasteiger partial charge in [0.1, 0.15) is 11.6 Å². The van der Waals surface area contributed by atoms with E-state index in [-0.39, 0.29) is 6.04 Å². The van der Waals surface area contributed by atoms with Crippen molar-refractivity contribution in [1.82, 2.24) is 5.32 Å². The van der Waals surface area contributed by atoms with Gasteiger partial charge in [-0.05, 0) is 52.7 Å². The fourth-order valence-electron chi connectivity index (χ4n) is 2.00. The van der Waals surface area contributed by atoms with Crippen LogP contribution in [0.1, 0.15) is 23.4 Å². The molecule has 1 aromatic carbocycles. The van der Waals surface area contributed by atoms with Crippen LogP contribution in [0, 0.1) is 11.6 Å². The van der Waals surface area contributed by atoms with E-state index in [4.69, 9.17) is 0 Å². The summed E-state index contributed by atoms with van der Waals surface area (Å²) in [6.45, 7) is 2.82. The van der Waals surface area contributed by atoms with Crippen molar-refractivity contribution in [3.05, 3.63) is 56.2 Å². The van der Waals surface area contributed by atoms with Crippen molar-refractivity contribution in [2.75, 3.05) is 6.54 Å². The SMILES string of the molecule is CCNC(Cc1cc(F)cc(F)c1)c1cc(Br)cs1. The third-order valence-electron chi connectivity index (χ3n) is 2.74. The van der Waals surface area contributed by atoms with E-state index in [1.807, 2.05) is 18.4 Å². The summed E-state index contributed by atoms with van der Waals surface area (Å²) in [5.41, 5.74) is 0.660. The normalized spacial score (nSPS) is 12.6. The van der Waals surface area contributed by atoms with Crippen LogP contribution in [0.4, 0.5) is 8.78 Å². The van der Waals surface area contributed by atoms with E-state index in [1.165, 1.54) is 12.1 Å². The third-order valence-corrected chi connectivity index (χ3v) is 4.55. The predicted molar refractivity (Wildman–Crippen MR) is 78.5 cm³/mol. The molecule has 0 spiro atoms. The molecule has 0 radical (unpaired) electrons. The highest BCUT2D eigenvalue weighted by molar-refractivity contribution is 9.10. The van der Waals surface area contributed by atoms with Crippen LogP contribution in [-0.4, -0.2) is 6.54 Å². The van der Waals surface area contributed by atoms with Gasteiger partial charge in [-0.2, -0.15) is 0 Å². The van der Waals surface area contributed by atoms with E-state index in [0.717, 1.165) is 22.0 Å². The summed E-state index contributed by atoms with van der Waals surface area (Å²) in [6.07, 6.45) is 0.565. The second-order valence-electron chi connectivity index (χ2n) is 4.26. The number of halogens is 3.